The molecule has 2 aliphatic heterocycles. The summed E-state index contributed by atoms with van der Waals surface area (Å²) >= 11 is 0. The van der Waals surface area contributed by atoms with Gasteiger partial charge in [0.05, 0.1) is 6.54 Å². The number of carbonyl (C=O) groups is 1. The van der Waals surface area contributed by atoms with Crippen molar-refractivity contribution in [2.75, 3.05) is 57.3 Å². The summed E-state index contributed by atoms with van der Waals surface area (Å²) < 4.78 is 0. The van der Waals surface area contributed by atoms with E-state index in [1.165, 1.54) is 50.1 Å². The van der Waals surface area contributed by atoms with Crippen LogP contribution in [0.5, 0.6) is 0 Å². The quantitative estimate of drug-likeness (QED) is 0.731. The van der Waals surface area contributed by atoms with Crippen molar-refractivity contribution in [3.05, 3.63) is 29.8 Å². The van der Waals surface area contributed by atoms with Crippen LogP contribution in [0.2, 0.25) is 0 Å². The van der Waals surface area contributed by atoms with Crippen LogP contribution >= 0.6 is 0 Å². The Balaban J connectivity index is 1.38. The fourth-order valence-electron chi connectivity index (χ4n) is 4.42. The third-order valence-electron chi connectivity index (χ3n) is 6.28. The maximum absolute atomic E-state index is 11.3. The first-order valence-electron chi connectivity index (χ1n) is 10.8. The summed E-state index contributed by atoms with van der Waals surface area (Å²) in [5.41, 5.74) is 2.82. The average Bonchev–Trinajstić information content (AvgIpc) is 2.67. The molecule has 0 saturated carbocycles. The second kappa shape index (κ2) is 9.70. The highest BCUT2D eigenvalue weighted by Gasteiger charge is 2.22. The molecule has 4 nitrogen and oxygen atoms in total. The minimum Gasteiger partial charge on any atom is -0.369 e. The van der Waals surface area contributed by atoms with Gasteiger partial charge in [0.2, 0.25) is 0 Å². The van der Waals surface area contributed by atoms with E-state index in [1.807, 2.05) is 0 Å². The normalized spacial score (nSPS) is 20.4. The van der Waals surface area contributed by atoms with E-state index in [-0.39, 0.29) is 0 Å². The summed E-state index contributed by atoms with van der Waals surface area (Å²) in [6.07, 6.45) is 3.83. The van der Waals surface area contributed by atoms with E-state index < -0.39 is 0 Å². The van der Waals surface area contributed by atoms with Crippen molar-refractivity contribution in [2.45, 2.75) is 46.0 Å². The molecule has 0 amide bonds. The molecule has 1 aromatic rings. The van der Waals surface area contributed by atoms with Crippen LogP contribution in [-0.4, -0.2) is 67.9 Å². The molecule has 150 valence electrons. The lowest BCUT2D eigenvalue weighted by Gasteiger charge is -2.37. The van der Waals surface area contributed by atoms with Crippen molar-refractivity contribution < 1.29 is 4.79 Å². The van der Waals surface area contributed by atoms with Gasteiger partial charge < -0.3 is 4.90 Å². The van der Waals surface area contributed by atoms with Crippen molar-refractivity contribution in [3.63, 3.8) is 0 Å². The third-order valence-corrected chi connectivity index (χ3v) is 6.28. The van der Waals surface area contributed by atoms with Crippen LogP contribution in [0.25, 0.3) is 0 Å². The zero-order valence-corrected chi connectivity index (χ0v) is 17.5. The number of likely N-dealkylation sites (tertiary alicyclic amines) is 1. The first-order chi connectivity index (χ1) is 13.0. The highest BCUT2D eigenvalue weighted by molar-refractivity contribution is 5.77. The predicted octanol–water partition coefficient (Wildman–Crippen LogP) is 3.62. The minimum absolute atomic E-state index is 0.297. The van der Waals surface area contributed by atoms with Gasteiger partial charge in [0, 0.05) is 31.9 Å². The van der Waals surface area contributed by atoms with Crippen molar-refractivity contribution in [2.24, 2.45) is 5.92 Å². The van der Waals surface area contributed by atoms with Crippen molar-refractivity contribution in [1.82, 2.24) is 9.80 Å². The van der Waals surface area contributed by atoms with E-state index in [0.717, 1.165) is 32.1 Å². The van der Waals surface area contributed by atoms with Crippen LogP contribution in [-0.2, 0) is 4.79 Å². The summed E-state index contributed by atoms with van der Waals surface area (Å²) in [7, 11) is 0. The topological polar surface area (TPSA) is 26.8 Å². The van der Waals surface area contributed by atoms with Crippen LogP contribution < -0.4 is 4.90 Å². The Hall–Kier alpha value is -1.39. The standard InChI is InChI=1S/C23H37N3O/c1-19(2)22-5-4-6-23(17-22)26-15-13-24(14-16-26)10-7-21-8-11-25(12-9-21)18-20(3)27/h4-6,17,19,21H,7-16,18H2,1-3H3. The molecular formula is C23H37N3O. The molecule has 0 unspecified atom stereocenters. The van der Waals surface area contributed by atoms with Gasteiger partial charge in [0.15, 0.2) is 0 Å². The maximum atomic E-state index is 11.3. The molecule has 2 fully saturated rings. The van der Waals surface area contributed by atoms with Crippen molar-refractivity contribution >= 4 is 11.5 Å². The van der Waals surface area contributed by atoms with Crippen LogP contribution in [0.1, 0.15) is 51.5 Å². The van der Waals surface area contributed by atoms with E-state index in [2.05, 4.69) is 52.8 Å². The number of anilines is 1. The Labute approximate surface area is 165 Å². The molecule has 0 bridgehead atoms. The molecule has 2 aliphatic rings. The molecular weight excluding hydrogens is 334 g/mol. The highest BCUT2D eigenvalue weighted by Crippen LogP contribution is 2.24. The molecule has 2 heterocycles. The van der Waals surface area contributed by atoms with Gasteiger partial charge in [-0.1, -0.05) is 26.0 Å². The van der Waals surface area contributed by atoms with Gasteiger partial charge in [0.25, 0.3) is 0 Å². The summed E-state index contributed by atoms with van der Waals surface area (Å²) in [6.45, 7) is 14.9. The number of nitrogens with zero attached hydrogens (tertiary/aromatic N) is 3. The zero-order chi connectivity index (χ0) is 19.2. The molecule has 0 aromatic heterocycles. The first-order valence-corrected chi connectivity index (χ1v) is 10.8. The van der Waals surface area contributed by atoms with Gasteiger partial charge in [-0.15, -0.1) is 0 Å². The van der Waals surface area contributed by atoms with Crippen LogP contribution in [0, 0.1) is 5.92 Å². The number of ketones is 1. The highest BCUT2D eigenvalue weighted by atomic mass is 16.1. The van der Waals surface area contributed by atoms with Crippen LogP contribution in [0.4, 0.5) is 5.69 Å². The summed E-state index contributed by atoms with van der Waals surface area (Å²) in [6, 6.07) is 9.08. The molecule has 3 rings (SSSR count). The van der Waals surface area contributed by atoms with Gasteiger partial charge in [-0.3, -0.25) is 14.6 Å². The number of carbonyl (C=O) groups excluding carboxylic acids is 1. The van der Waals surface area contributed by atoms with E-state index in [9.17, 15) is 4.79 Å². The monoisotopic (exact) mass is 371 g/mol. The van der Waals surface area contributed by atoms with E-state index in [4.69, 9.17) is 0 Å². The average molecular weight is 372 g/mol. The number of Topliss-reactive ketones (excluding diaryl/α,β-unsaturated/α-hetero) is 1. The SMILES string of the molecule is CC(=O)CN1CCC(CCN2CCN(c3cccc(C(C)C)c3)CC2)CC1. The Bertz CT molecular complexity index is 599. The zero-order valence-electron chi connectivity index (χ0n) is 17.5. The number of benzene rings is 1. The van der Waals surface area contributed by atoms with Crippen LogP contribution in [0.3, 0.4) is 0 Å². The summed E-state index contributed by atoms with van der Waals surface area (Å²) in [4.78, 5) is 18.8. The number of piperazine rings is 1. The number of hydrogen-bond acceptors (Lipinski definition) is 4. The van der Waals surface area contributed by atoms with Gasteiger partial charge in [-0.25, -0.2) is 0 Å². The van der Waals surface area contributed by atoms with Crippen molar-refractivity contribution in [3.8, 4) is 0 Å². The summed E-state index contributed by atoms with van der Waals surface area (Å²) in [5.74, 6) is 1.73. The van der Waals surface area contributed by atoms with Crippen LogP contribution in [0.15, 0.2) is 24.3 Å². The maximum Gasteiger partial charge on any atom is 0.143 e. The fourth-order valence-corrected chi connectivity index (χ4v) is 4.42. The number of piperidine rings is 1. The second-order valence-corrected chi connectivity index (χ2v) is 8.79. The van der Waals surface area contributed by atoms with Crippen molar-refractivity contribution in [1.29, 1.82) is 0 Å². The largest absolute Gasteiger partial charge is 0.369 e. The molecule has 0 atom stereocenters. The molecule has 4 heteroatoms. The van der Waals surface area contributed by atoms with Gasteiger partial charge >= 0.3 is 0 Å². The molecule has 2 saturated heterocycles. The van der Waals surface area contributed by atoms with Gasteiger partial charge in [0.1, 0.15) is 5.78 Å². The van der Waals surface area contributed by atoms with Gasteiger partial charge in [-0.2, -0.15) is 0 Å². The molecule has 0 radical (unpaired) electrons. The Morgan fingerprint density at radius 1 is 1.04 bits per heavy atom. The minimum atomic E-state index is 0.297. The van der Waals surface area contributed by atoms with E-state index in [1.54, 1.807) is 6.92 Å². The summed E-state index contributed by atoms with van der Waals surface area (Å²) in [5, 5.41) is 0. The lowest BCUT2D eigenvalue weighted by molar-refractivity contribution is -0.118. The Kier molecular flexibility index (Phi) is 7.31. The molecule has 0 spiro atoms. The molecule has 0 N–H and O–H groups in total. The molecule has 1 aromatic carbocycles. The van der Waals surface area contributed by atoms with Gasteiger partial charge in [-0.05, 0) is 75.4 Å². The Morgan fingerprint density at radius 3 is 2.37 bits per heavy atom. The van der Waals surface area contributed by atoms with E-state index in [0.29, 0.717) is 18.2 Å². The smallest absolute Gasteiger partial charge is 0.143 e. The van der Waals surface area contributed by atoms with E-state index >= 15 is 0 Å². The number of hydrogen-bond donors (Lipinski definition) is 0. The lowest BCUT2D eigenvalue weighted by Crippen LogP contribution is -2.47. The Morgan fingerprint density at radius 2 is 1.74 bits per heavy atom. The fraction of sp³-hybridized carbons (Fsp3) is 0.696. The second-order valence-electron chi connectivity index (χ2n) is 8.79. The third kappa shape index (κ3) is 6.05. The predicted molar refractivity (Wildman–Crippen MR) is 114 cm³/mol. The number of rotatable bonds is 7. The molecule has 0 aliphatic carbocycles. The first kappa shape index (κ1) is 20.3. The lowest BCUT2D eigenvalue weighted by atomic mass is 9.93. The molecule has 27 heavy (non-hydrogen) atoms.